The fourth-order valence-corrected chi connectivity index (χ4v) is 3.90. The molecule has 2 aromatic carbocycles. The first-order valence-corrected chi connectivity index (χ1v) is 10.9. The third-order valence-corrected chi connectivity index (χ3v) is 6.46. The van der Waals surface area contributed by atoms with Gasteiger partial charge in [-0.1, -0.05) is 43.6 Å². The molecule has 0 spiro atoms. The van der Waals surface area contributed by atoms with E-state index >= 15 is 0 Å². The Bertz CT molecular complexity index is 1140. The van der Waals surface area contributed by atoms with E-state index in [1.165, 1.54) is 11.4 Å². The van der Waals surface area contributed by atoms with E-state index in [9.17, 15) is 13.2 Å². The number of nitrogens with zero attached hydrogens (tertiary/aromatic N) is 2. The van der Waals surface area contributed by atoms with Crippen LogP contribution in [-0.4, -0.2) is 26.5 Å². The van der Waals surface area contributed by atoms with Crippen molar-refractivity contribution in [3.63, 3.8) is 0 Å². The Morgan fingerprint density at radius 2 is 1.63 bits per heavy atom. The Morgan fingerprint density at radius 1 is 1.03 bits per heavy atom. The lowest BCUT2D eigenvalue weighted by molar-refractivity contribution is 0.102. The highest BCUT2D eigenvalue weighted by Crippen LogP contribution is 2.25. The van der Waals surface area contributed by atoms with E-state index in [2.05, 4.69) is 10.5 Å². The first kappa shape index (κ1) is 21.6. The number of rotatable bonds is 5. The van der Waals surface area contributed by atoms with Crippen LogP contribution in [0.5, 0.6) is 0 Å². The summed E-state index contributed by atoms with van der Waals surface area (Å²) < 4.78 is 32.1. The molecule has 1 heterocycles. The summed E-state index contributed by atoms with van der Waals surface area (Å²) in [6, 6.07) is 14.7. The van der Waals surface area contributed by atoms with Gasteiger partial charge in [0.2, 0.25) is 0 Å². The third kappa shape index (κ3) is 4.54. The first-order chi connectivity index (χ1) is 14.0. The maximum atomic E-state index is 12.8. The number of hydrogen-bond donors (Lipinski definition) is 1. The summed E-state index contributed by atoms with van der Waals surface area (Å²) in [6.07, 6.45) is 0. The Kier molecular flexibility index (Phi) is 5.72. The summed E-state index contributed by atoms with van der Waals surface area (Å²) in [5.41, 5.74) is 1.59. The number of benzene rings is 2. The molecule has 7 nitrogen and oxygen atoms in total. The molecule has 158 valence electrons. The maximum Gasteiger partial charge on any atom is 0.264 e. The predicted octanol–water partition coefficient (Wildman–Crippen LogP) is 4.36. The minimum atomic E-state index is -3.69. The lowest BCUT2D eigenvalue weighted by atomic mass is 9.93. The van der Waals surface area contributed by atoms with Crippen molar-refractivity contribution in [2.24, 2.45) is 0 Å². The van der Waals surface area contributed by atoms with Crippen LogP contribution in [-0.2, 0) is 15.4 Å². The predicted molar refractivity (Wildman–Crippen MR) is 116 cm³/mol. The van der Waals surface area contributed by atoms with Gasteiger partial charge < -0.3 is 9.84 Å². The normalized spacial score (nSPS) is 11.9. The molecule has 0 saturated carbocycles. The van der Waals surface area contributed by atoms with Gasteiger partial charge in [-0.05, 0) is 43.3 Å². The first-order valence-electron chi connectivity index (χ1n) is 9.43. The van der Waals surface area contributed by atoms with Gasteiger partial charge in [0, 0.05) is 24.1 Å². The Balaban J connectivity index is 1.74. The lowest BCUT2D eigenvalue weighted by Gasteiger charge is -2.20. The topological polar surface area (TPSA) is 92.5 Å². The molecule has 1 amide bonds. The van der Waals surface area contributed by atoms with E-state index in [1.54, 1.807) is 54.6 Å². The summed E-state index contributed by atoms with van der Waals surface area (Å²) in [5, 5.41) is 6.56. The van der Waals surface area contributed by atoms with Crippen LogP contribution in [0.4, 0.5) is 11.5 Å². The molecule has 1 aromatic heterocycles. The van der Waals surface area contributed by atoms with Crippen molar-refractivity contribution in [2.75, 3.05) is 16.7 Å². The van der Waals surface area contributed by atoms with Crippen LogP contribution < -0.4 is 9.62 Å². The zero-order valence-corrected chi connectivity index (χ0v) is 18.4. The molecule has 0 fully saturated rings. The quantitative estimate of drug-likeness (QED) is 0.653. The summed E-state index contributed by atoms with van der Waals surface area (Å²) in [4.78, 5) is 12.7. The van der Waals surface area contributed by atoms with Gasteiger partial charge in [-0.3, -0.25) is 9.10 Å². The highest BCUT2D eigenvalue weighted by Gasteiger charge is 2.22. The molecule has 0 atom stereocenters. The fraction of sp³-hybridized carbons (Fsp3) is 0.273. The number of carbonyl (C=O) groups is 1. The largest absolute Gasteiger partial charge is 0.359 e. The number of aromatic nitrogens is 1. The zero-order chi connectivity index (χ0) is 22.1. The van der Waals surface area contributed by atoms with Gasteiger partial charge in [-0.15, -0.1) is 0 Å². The molecular weight excluding hydrogens is 402 g/mol. The van der Waals surface area contributed by atoms with Gasteiger partial charge in [0.05, 0.1) is 10.6 Å². The molecule has 0 aliphatic heterocycles. The smallest absolute Gasteiger partial charge is 0.264 e. The number of amides is 1. The molecule has 30 heavy (non-hydrogen) atoms. The van der Waals surface area contributed by atoms with E-state index in [1.807, 2.05) is 27.7 Å². The molecule has 3 aromatic rings. The van der Waals surface area contributed by atoms with Crippen LogP contribution >= 0.6 is 0 Å². The molecule has 0 aliphatic carbocycles. The monoisotopic (exact) mass is 427 g/mol. The van der Waals surface area contributed by atoms with Crippen molar-refractivity contribution >= 4 is 27.4 Å². The minimum Gasteiger partial charge on any atom is -0.359 e. The average molecular weight is 428 g/mol. The van der Waals surface area contributed by atoms with Crippen molar-refractivity contribution in [1.82, 2.24) is 5.16 Å². The van der Waals surface area contributed by atoms with Crippen LogP contribution in [0.3, 0.4) is 0 Å². The van der Waals surface area contributed by atoms with Crippen molar-refractivity contribution in [3.8, 4) is 0 Å². The second-order valence-electron chi connectivity index (χ2n) is 8.11. The molecule has 0 aliphatic rings. The van der Waals surface area contributed by atoms with Gasteiger partial charge in [-0.2, -0.15) is 0 Å². The lowest BCUT2D eigenvalue weighted by Crippen LogP contribution is -2.26. The molecule has 1 N–H and O–H groups in total. The Labute approximate surface area is 176 Å². The van der Waals surface area contributed by atoms with Gasteiger partial charge in [-0.25, -0.2) is 8.42 Å². The van der Waals surface area contributed by atoms with Gasteiger partial charge in [0.15, 0.2) is 5.82 Å². The number of sulfonamides is 1. The summed E-state index contributed by atoms with van der Waals surface area (Å²) >= 11 is 0. The summed E-state index contributed by atoms with van der Waals surface area (Å²) in [6.45, 7) is 7.85. The van der Waals surface area contributed by atoms with Crippen LogP contribution in [0.1, 0.15) is 42.5 Å². The SMILES string of the molecule is Cc1ccc(S(=O)(=O)N(C)c2ccc(C(=O)Nc3cc(C(C)(C)C)on3)cc2)cc1. The van der Waals surface area contributed by atoms with Gasteiger partial charge in [0.1, 0.15) is 5.76 Å². The van der Waals surface area contributed by atoms with E-state index in [0.29, 0.717) is 22.8 Å². The number of carbonyl (C=O) groups excluding carboxylic acids is 1. The van der Waals surface area contributed by atoms with E-state index < -0.39 is 10.0 Å². The average Bonchev–Trinajstić information content (AvgIpc) is 3.17. The fourth-order valence-electron chi connectivity index (χ4n) is 2.71. The van der Waals surface area contributed by atoms with Crippen LogP contribution in [0.2, 0.25) is 0 Å². The minimum absolute atomic E-state index is 0.207. The maximum absolute atomic E-state index is 12.8. The molecule has 0 radical (unpaired) electrons. The second kappa shape index (κ2) is 7.95. The van der Waals surface area contributed by atoms with E-state index in [4.69, 9.17) is 4.52 Å². The molecule has 0 saturated heterocycles. The zero-order valence-electron chi connectivity index (χ0n) is 17.6. The van der Waals surface area contributed by atoms with Gasteiger partial charge >= 0.3 is 0 Å². The summed E-state index contributed by atoms with van der Waals surface area (Å²) in [5.74, 6) is 0.628. The highest BCUT2D eigenvalue weighted by molar-refractivity contribution is 7.92. The van der Waals surface area contributed by atoms with Crippen LogP contribution in [0.25, 0.3) is 0 Å². The third-order valence-electron chi connectivity index (χ3n) is 4.66. The molecule has 3 rings (SSSR count). The van der Waals surface area contributed by atoms with Gasteiger partial charge in [0.25, 0.3) is 15.9 Å². The van der Waals surface area contributed by atoms with Crippen molar-refractivity contribution in [2.45, 2.75) is 38.0 Å². The highest BCUT2D eigenvalue weighted by atomic mass is 32.2. The number of anilines is 2. The Morgan fingerprint density at radius 3 is 2.17 bits per heavy atom. The van der Waals surface area contributed by atoms with Crippen molar-refractivity contribution < 1.29 is 17.7 Å². The molecule has 8 heteroatoms. The second-order valence-corrected chi connectivity index (χ2v) is 10.1. The molecule has 0 unspecified atom stereocenters. The van der Waals surface area contributed by atoms with E-state index in [0.717, 1.165) is 5.56 Å². The van der Waals surface area contributed by atoms with E-state index in [-0.39, 0.29) is 16.2 Å². The number of nitrogens with one attached hydrogen (secondary N) is 1. The number of hydrogen-bond acceptors (Lipinski definition) is 5. The van der Waals surface area contributed by atoms with Crippen LogP contribution in [0, 0.1) is 6.92 Å². The standard InChI is InChI=1S/C22H25N3O4S/c1-15-6-12-18(13-7-15)30(27,28)25(5)17-10-8-16(9-11-17)21(26)23-20-14-19(29-24-20)22(2,3)4/h6-14H,1-5H3,(H,23,24,26). The molecular formula is C22H25N3O4S. The van der Waals surface area contributed by atoms with Crippen LogP contribution in [0.15, 0.2) is 64.0 Å². The Hall–Kier alpha value is -3.13. The van der Waals surface area contributed by atoms with Crippen molar-refractivity contribution in [3.05, 3.63) is 71.5 Å². The molecule has 0 bridgehead atoms. The number of aryl methyl sites for hydroxylation is 1. The van der Waals surface area contributed by atoms with Crippen molar-refractivity contribution in [1.29, 1.82) is 0 Å². The summed E-state index contributed by atoms with van der Waals surface area (Å²) in [7, 11) is -2.21.